The molecule has 0 radical (unpaired) electrons. The van der Waals surface area contributed by atoms with Gasteiger partial charge in [-0.15, -0.1) is 0 Å². The first-order valence-corrected chi connectivity index (χ1v) is 6.83. The van der Waals surface area contributed by atoms with Crippen molar-refractivity contribution >= 4 is 18.2 Å². The Morgan fingerprint density at radius 3 is 2.63 bits per heavy atom. The summed E-state index contributed by atoms with van der Waals surface area (Å²) in [7, 11) is 0. The Balaban J connectivity index is 2.39. The van der Waals surface area contributed by atoms with E-state index < -0.39 is 5.41 Å². The van der Waals surface area contributed by atoms with Gasteiger partial charge in [-0.3, -0.25) is 0 Å². The largest absolute Gasteiger partial charge is 0.206 e. The van der Waals surface area contributed by atoms with Gasteiger partial charge in [0.1, 0.15) is 5.82 Å². The number of thiol groups is 1. The van der Waals surface area contributed by atoms with Gasteiger partial charge in [-0.05, 0) is 49.1 Å². The monoisotopic (exact) mass is 272 g/mol. The van der Waals surface area contributed by atoms with Crippen molar-refractivity contribution in [2.75, 3.05) is 0 Å². The van der Waals surface area contributed by atoms with E-state index in [2.05, 4.69) is 36.0 Å². The smallest absolute Gasteiger partial charge is 0.131 e. The van der Waals surface area contributed by atoms with Crippen molar-refractivity contribution in [3.8, 4) is 11.2 Å². The summed E-state index contributed by atoms with van der Waals surface area (Å²) in [6.07, 6.45) is 8.16. The van der Waals surface area contributed by atoms with Crippen molar-refractivity contribution in [2.24, 2.45) is 0 Å². The zero-order valence-corrected chi connectivity index (χ0v) is 12.1. The van der Waals surface area contributed by atoms with Crippen molar-refractivity contribution in [3.05, 3.63) is 53.4 Å². The highest BCUT2D eigenvalue weighted by atomic mass is 32.1. The molecule has 1 aromatic rings. The van der Waals surface area contributed by atoms with Crippen molar-refractivity contribution in [2.45, 2.75) is 32.1 Å². The molecule has 0 amide bonds. The molecule has 0 aromatic heterocycles. The lowest BCUT2D eigenvalue weighted by Crippen LogP contribution is -2.14. The van der Waals surface area contributed by atoms with E-state index in [-0.39, 0.29) is 5.82 Å². The van der Waals surface area contributed by atoms with Crippen LogP contribution >= 0.6 is 12.6 Å². The van der Waals surface area contributed by atoms with Crippen molar-refractivity contribution in [1.29, 1.82) is 0 Å². The van der Waals surface area contributed by atoms with Gasteiger partial charge in [0.15, 0.2) is 0 Å². The molecular weight excluding hydrogens is 255 g/mol. The van der Waals surface area contributed by atoms with Crippen LogP contribution in [-0.2, 0) is 5.41 Å². The van der Waals surface area contributed by atoms with Crippen LogP contribution in [0.3, 0.4) is 0 Å². The maximum atomic E-state index is 14.3. The van der Waals surface area contributed by atoms with Gasteiger partial charge in [0.2, 0.25) is 0 Å². The van der Waals surface area contributed by atoms with Crippen LogP contribution in [0.2, 0.25) is 0 Å². The average molecular weight is 272 g/mol. The van der Waals surface area contributed by atoms with Crippen LogP contribution in [0.1, 0.15) is 37.8 Å². The molecule has 2 rings (SSSR count). The van der Waals surface area contributed by atoms with Crippen molar-refractivity contribution in [3.63, 3.8) is 0 Å². The summed E-state index contributed by atoms with van der Waals surface area (Å²) < 4.78 is 14.3. The van der Waals surface area contributed by atoms with Gasteiger partial charge in [-0.2, -0.15) is 0 Å². The highest BCUT2D eigenvalue weighted by Gasteiger charge is 2.19. The van der Waals surface area contributed by atoms with Crippen LogP contribution < -0.4 is 0 Å². The van der Waals surface area contributed by atoms with Crippen molar-refractivity contribution in [1.82, 2.24) is 0 Å². The summed E-state index contributed by atoms with van der Waals surface area (Å²) in [5.41, 5.74) is 2.11. The molecule has 0 heterocycles. The molecule has 0 saturated heterocycles. The van der Waals surface area contributed by atoms with Crippen LogP contribution in [0.5, 0.6) is 0 Å². The van der Waals surface area contributed by atoms with E-state index in [1.807, 2.05) is 32.1 Å². The lowest BCUT2D eigenvalue weighted by atomic mass is 9.84. The van der Waals surface area contributed by atoms with Crippen LogP contribution in [0, 0.1) is 17.0 Å². The highest BCUT2D eigenvalue weighted by Crippen LogP contribution is 2.29. The van der Waals surface area contributed by atoms with Gasteiger partial charge in [0.05, 0.1) is 5.41 Å². The minimum Gasteiger partial charge on any atom is -0.206 e. The Hall–Kier alpha value is -1.46. The van der Waals surface area contributed by atoms with Crippen LogP contribution in [0.15, 0.2) is 36.4 Å². The van der Waals surface area contributed by atoms with Gasteiger partial charge in [-0.1, -0.05) is 48.9 Å². The molecule has 0 fully saturated rings. The molecule has 1 aliphatic carbocycles. The minimum atomic E-state index is -0.391. The fourth-order valence-electron chi connectivity index (χ4n) is 2.16. The summed E-state index contributed by atoms with van der Waals surface area (Å²) in [4.78, 5) is 0. The lowest BCUT2D eigenvalue weighted by molar-refractivity contribution is 0.611. The van der Waals surface area contributed by atoms with Crippen LogP contribution in [0.25, 0.3) is 5.57 Å². The summed E-state index contributed by atoms with van der Waals surface area (Å²) >= 11 is 3.92. The maximum Gasteiger partial charge on any atom is 0.131 e. The van der Waals surface area contributed by atoms with Gasteiger partial charge >= 0.3 is 0 Å². The molecule has 0 bridgehead atoms. The minimum absolute atomic E-state index is 0.190. The zero-order chi connectivity index (χ0) is 13.9. The second kappa shape index (κ2) is 5.67. The van der Waals surface area contributed by atoms with E-state index in [1.165, 1.54) is 0 Å². The van der Waals surface area contributed by atoms with Crippen LogP contribution in [-0.4, -0.2) is 0 Å². The van der Waals surface area contributed by atoms with Gasteiger partial charge in [0.25, 0.3) is 0 Å². The lowest BCUT2D eigenvalue weighted by Gasteiger charge is -2.19. The molecule has 98 valence electrons. The predicted octanol–water partition coefficient (Wildman–Crippen LogP) is 4.73. The predicted molar refractivity (Wildman–Crippen MR) is 82.5 cm³/mol. The van der Waals surface area contributed by atoms with E-state index in [9.17, 15) is 4.39 Å². The van der Waals surface area contributed by atoms with Gasteiger partial charge in [0, 0.05) is 5.56 Å². The van der Waals surface area contributed by atoms with E-state index in [4.69, 9.17) is 0 Å². The Bertz CT molecular complexity index is 597. The molecule has 0 atom stereocenters. The van der Waals surface area contributed by atoms with E-state index in [0.29, 0.717) is 5.56 Å². The third-order valence-electron chi connectivity index (χ3n) is 3.37. The number of hydrogen-bond donors (Lipinski definition) is 1. The summed E-state index contributed by atoms with van der Waals surface area (Å²) in [5.74, 6) is 2.79. The van der Waals surface area contributed by atoms with Gasteiger partial charge < -0.3 is 0 Å². The number of rotatable bonds is 2. The highest BCUT2D eigenvalue weighted by molar-refractivity contribution is 7.85. The quantitative estimate of drug-likeness (QED) is 0.584. The molecule has 0 saturated carbocycles. The first-order chi connectivity index (χ1) is 9.04. The Kier molecular flexibility index (Phi) is 4.17. The molecule has 0 nitrogen and oxygen atoms in total. The fraction of sp³-hybridized carbons (Fsp3) is 0.294. The van der Waals surface area contributed by atoms with E-state index in [1.54, 1.807) is 6.07 Å². The SMILES string of the molecule is CC(C)(C#CS)c1ccc(C2=CCCC=C2)c(F)c1. The average Bonchev–Trinajstić information content (AvgIpc) is 2.39. The van der Waals surface area contributed by atoms with Crippen molar-refractivity contribution < 1.29 is 4.39 Å². The number of allylic oxidation sites excluding steroid dienone is 4. The molecule has 1 aromatic carbocycles. The Labute approximate surface area is 119 Å². The first-order valence-electron chi connectivity index (χ1n) is 6.38. The number of hydrogen-bond acceptors (Lipinski definition) is 1. The normalized spacial score (nSPS) is 14.6. The molecule has 19 heavy (non-hydrogen) atoms. The summed E-state index contributed by atoms with van der Waals surface area (Å²) in [5, 5.41) is 2.60. The van der Waals surface area contributed by atoms with E-state index in [0.717, 1.165) is 24.0 Å². The molecule has 0 unspecified atom stereocenters. The number of benzene rings is 1. The molecule has 2 heteroatoms. The fourth-order valence-corrected chi connectivity index (χ4v) is 2.44. The third kappa shape index (κ3) is 3.11. The molecule has 0 spiro atoms. The standard InChI is InChI=1S/C17H17FS/c1-17(2,10-11-19)14-8-9-15(16(18)12-14)13-6-4-3-5-7-13/h4,6-9,12,19H,3,5H2,1-2H3. The topological polar surface area (TPSA) is 0 Å². The number of halogens is 1. The second-order valence-corrected chi connectivity index (χ2v) is 5.42. The maximum absolute atomic E-state index is 14.3. The summed E-state index contributed by atoms with van der Waals surface area (Å²) in [6.45, 7) is 3.93. The Morgan fingerprint density at radius 2 is 2.05 bits per heavy atom. The van der Waals surface area contributed by atoms with E-state index >= 15 is 0 Å². The second-order valence-electron chi connectivity index (χ2n) is 5.20. The molecule has 0 N–H and O–H groups in total. The molecule has 0 aliphatic heterocycles. The first kappa shape index (κ1) is 14.0. The van der Waals surface area contributed by atoms with Crippen LogP contribution in [0.4, 0.5) is 4.39 Å². The zero-order valence-electron chi connectivity index (χ0n) is 11.2. The molecule has 1 aliphatic rings. The third-order valence-corrected chi connectivity index (χ3v) is 3.48. The Morgan fingerprint density at radius 1 is 1.26 bits per heavy atom. The van der Waals surface area contributed by atoms with Gasteiger partial charge in [-0.25, -0.2) is 4.39 Å². The summed E-state index contributed by atoms with van der Waals surface area (Å²) in [6, 6.07) is 5.37. The molecular formula is C17H17FS.